The molecule has 1 aromatic carbocycles. The molecule has 1 aromatic heterocycles. The molecule has 0 aliphatic heterocycles. The average Bonchev–Trinajstić information content (AvgIpc) is 2.89. The summed E-state index contributed by atoms with van der Waals surface area (Å²) < 4.78 is 1.90. The average molecular weight is 345 g/mol. The molecule has 1 amide bonds. The molecule has 0 saturated heterocycles. The molecule has 2 aromatic rings. The first kappa shape index (κ1) is 17.1. The van der Waals surface area contributed by atoms with Gasteiger partial charge in [0.05, 0.1) is 12.7 Å². The van der Waals surface area contributed by atoms with Gasteiger partial charge in [-0.05, 0) is 24.3 Å². The van der Waals surface area contributed by atoms with Crippen molar-refractivity contribution in [2.45, 2.75) is 38.6 Å². The summed E-state index contributed by atoms with van der Waals surface area (Å²) in [5, 5.41) is 12.6. The van der Waals surface area contributed by atoms with E-state index in [0.717, 1.165) is 18.4 Å². The minimum Gasteiger partial charge on any atom is -0.491 e. The van der Waals surface area contributed by atoms with Crippen LogP contribution in [-0.2, 0) is 6.54 Å². The van der Waals surface area contributed by atoms with Crippen LogP contribution in [0.2, 0.25) is 0 Å². The minimum absolute atomic E-state index is 0.285. The zero-order valence-electron chi connectivity index (χ0n) is 14.1. The number of imidazole rings is 1. The maximum absolute atomic E-state index is 12.3. The number of aromatic nitrogens is 2. The lowest BCUT2D eigenvalue weighted by molar-refractivity contribution is 0.113. The monoisotopic (exact) mass is 345 g/mol. The number of hydrogen-bond acceptors (Lipinski definition) is 4. The van der Waals surface area contributed by atoms with Gasteiger partial charge in [-0.3, -0.25) is 4.57 Å². The topological polar surface area (TPSA) is 85.5 Å². The van der Waals surface area contributed by atoms with Crippen molar-refractivity contribution >= 4 is 6.09 Å². The van der Waals surface area contributed by atoms with Crippen molar-refractivity contribution in [2.24, 2.45) is 5.92 Å². The van der Waals surface area contributed by atoms with Crippen LogP contribution in [0.25, 0.3) is 0 Å². The number of rotatable bonds is 5. The van der Waals surface area contributed by atoms with Gasteiger partial charge >= 0.3 is 11.8 Å². The zero-order valence-corrected chi connectivity index (χ0v) is 14.1. The number of carbonyl (C=O) groups is 1. The third-order valence-electron chi connectivity index (χ3n) is 4.53. The Morgan fingerprint density at radius 1 is 1.20 bits per heavy atom. The highest BCUT2D eigenvalue weighted by Gasteiger charge is 2.18. The van der Waals surface area contributed by atoms with Gasteiger partial charge in [0.1, 0.15) is 0 Å². The highest BCUT2D eigenvalue weighted by molar-refractivity contribution is 5.67. The van der Waals surface area contributed by atoms with Gasteiger partial charge in [-0.25, -0.2) is 9.59 Å². The molecule has 0 bridgehead atoms. The van der Waals surface area contributed by atoms with E-state index < -0.39 is 17.7 Å². The molecule has 0 radical (unpaired) electrons. The van der Waals surface area contributed by atoms with Crippen molar-refractivity contribution < 1.29 is 14.7 Å². The van der Waals surface area contributed by atoms with E-state index in [1.807, 2.05) is 30.3 Å². The van der Waals surface area contributed by atoms with E-state index in [1.54, 1.807) is 0 Å². The summed E-state index contributed by atoms with van der Waals surface area (Å²) in [7, 11) is 0. The smallest absolute Gasteiger partial charge is 0.432 e. The molecule has 7 heteroatoms. The number of amides is 1. The number of nitrogens with one attached hydrogen (secondary N) is 1. The second kappa shape index (κ2) is 7.92. The maximum Gasteiger partial charge on any atom is 0.432 e. The number of benzene rings is 1. The van der Waals surface area contributed by atoms with Crippen molar-refractivity contribution in [2.75, 3.05) is 6.54 Å². The van der Waals surface area contributed by atoms with E-state index in [0.29, 0.717) is 17.2 Å². The largest absolute Gasteiger partial charge is 0.491 e. The van der Waals surface area contributed by atoms with Gasteiger partial charge < -0.3 is 15.3 Å². The van der Waals surface area contributed by atoms with Crippen LogP contribution in [0.3, 0.4) is 0 Å². The van der Waals surface area contributed by atoms with Gasteiger partial charge in [0.25, 0.3) is 0 Å². The molecule has 7 nitrogen and oxygen atoms in total. The van der Waals surface area contributed by atoms with E-state index in [4.69, 9.17) is 4.84 Å². The molecule has 0 unspecified atom stereocenters. The highest BCUT2D eigenvalue weighted by atomic mass is 16.7. The number of nitrogens with zero attached hydrogens (tertiary/aromatic N) is 2. The molecule has 1 fully saturated rings. The Balaban J connectivity index is 1.60. The highest BCUT2D eigenvalue weighted by Crippen LogP contribution is 2.22. The Labute approximate surface area is 145 Å². The predicted octanol–water partition coefficient (Wildman–Crippen LogP) is 2.12. The Bertz CT molecular complexity index is 760. The van der Waals surface area contributed by atoms with Crippen LogP contribution >= 0.6 is 0 Å². The molecule has 2 N–H and O–H groups in total. The summed E-state index contributed by atoms with van der Waals surface area (Å²) in [4.78, 5) is 29.2. The Kier molecular flexibility index (Phi) is 5.42. The van der Waals surface area contributed by atoms with Gasteiger partial charge in [0, 0.05) is 6.54 Å². The van der Waals surface area contributed by atoms with Crippen LogP contribution < -0.4 is 15.8 Å². The quantitative estimate of drug-likeness (QED) is 0.869. The van der Waals surface area contributed by atoms with E-state index in [1.165, 1.54) is 30.0 Å². The maximum atomic E-state index is 12.3. The molecule has 25 heavy (non-hydrogen) atoms. The second-order valence-electron chi connectivity index (χ2n) is 6.44. The summed E-state index contributed by atoms with van der Waals surface area (Å²) in [5.41, 5.74) is 0.303. The molecule has 0 atom stereocenters. The lowest BCUT2D eigenvalue weighted by atomic mass is 9.89. The van der Waals surface area contributed by atoms with Gasteiger partial charge in [-0.15, -0.1) is 0 Å². The van der Waals surface area contributed by atoms with Crippen LogP contribution in [0.1, 0.15) is 37.7 Å². The molecule has 1 aliphatic rings. The summed E-state index contributed by atoms with van der Waals surface area (Å²) in [6, 6.07) is 9.37. The van der Waals surface area contributed by atoms with E-state index in [-0.39, 0.29) is 6.54 Å². The molecule has 1 heterocycles. The Morgan fingerprint density at radius 3 is 2.64 bits per heavy atom. The third-order valence-corrected chi connectivity index (χ3v) is 4.53. The summed E-state index contributed by atoms with van der Waals surface area (Å²) >= 11 is 0. The van der Waals surface area contributed by atoms with Crippen molar-refractivity contribution in [1.82, 2.24) is 14.6 Å². The first-order valence-corrected chi connectivity index (χ1v) is 8.65. The molecule has 0 spiro atoms. The van der Waals surface area contributed by atoms with Crippen LogP contribution in [-0.4, -0.2) is 27.0 Å². The first-order chi connectivity index (χ1) is 12.1. The molecule has 134 valence electrons. The van der Waals surface area contributed by atoms with E-state index in [2.05, 4.69) is 5.32 Å². The fourth-order valence-corrected chi connectivity index (χ4v) is 3.18. The first-order valence-electron chi connectivity index (χ1n) is 8.65. The second-order valence-corrected chi connectivity index (χ2v) is 6.44. The fourth-order valence-electron chi connectivity index (χ4n) is 3.18. The van der Waals surface area contributed by atoms with Crippen molar-refractivity contribution in [3.05, 3.63) is 52.6 Å². The van der Waals surface area contributed by atoms with Crippen molar-refractivity contribution in [1.29, 1.82) is 0 Å². The molecular formula is C18H23N3O4. The van der Waals surface area contributed by atoms with E-state index >= 15 is 0 Å². The van der Waals surface area contributed by atoms with Crippen LogP contribution in [0.4, 0.5) is 4.79 Å². The van der Waals surface area contributed by atoms with Crippen LogP contribution in [0.5, 0.6) is 5.88 Å². The fraction of sp³-hybridized carbons (Fsp3) is 0.444. The van der Waals surface area contributed by atoms with Gasteiger partial charge in [-0.2, -0.15) is 0 Å². The lowest BCUT2D eigenvalue weighted by Crippen LogP contribution is -2.39. The van der Waals surface area contributed by atoms with Crippen LogP contribution in [0, 0.1) is 5.92 Å². The van der Waals surface area contributed by atoms with Gasteiger partial charge in [-0.1, -0.05) is 54.3 Å². The molecule has 1 saturated carbocycles. The SMILES string of the molecule is O=C(NCC1CCCCC1)On1c(O)cn(Cc2ccccc2)c1=O. The van der Waals surface area contributed by atoms with Crippen molar-refractivity contribution in [3.63, 3.8) is 0 Å². The lowest BCUT2D eigenvalue weighted by Gasteiger charge is -2.21. The number of aromatic hydroxyl groups is 1. The number of carbonyl (C=O) groups excluding carboxylic acids is 1. The van der Waals surface area contributed by atoms with Crippen LogP contribution in [0.15, 0.2) is 41.3 Å². The third kappa shape index (κ3) is 4.43. The molecular weight excluding hydrogens is 322 g/mol. The van der Waals surface area contributed by atoms with Gasteiger partial charge in [0.2, 0.25) is 5.88 Å². The summed E-state index contributed by atoms with van der Waals surface area (Å²) in [6.07, 6.45) is 6.33. The standard InChI is InChI=1S/C18H23N3O4/c22-16-13-20(12-15-9-5-2-6-10-15)18(24)21(16)25-17(23)19-11-14-7-3-1-4-8-14/h2,5-6,9-10,13-14,22H,1,3-4,7-8,11-12H2,(H,19,23). The normalized spacial score (nSPS) is 15.0. The van der Waals surface area contributed by atoms with Gasteiger partial charge in [0.15, 0.2) is 0 Å². The van der Waals surface area contributed by atoms with Crippen molar-refractivity contribution in [3.8, 4) is 5.88 Å². The predicted molar refractivity (Wildman–Crippen MR) is 92.5 cm³/mol. The Hall–Kier alpha value is -2.70. The molecule has 1 aliphatic carbocycles. The minimum atomic E-state index is -0.736. The zero-order chi connectivity index (χ0) is 17.6. The van der Waals surface area contributed by atoms with E-state index in [9.17, 15) is 14.7 Å². The molecule has 3 rings (SSSR count). The summed E-state index contributed by atoms with van der Waals surface area (Å²) in [6.45, 7) is 0.812. The Morgan fingerprint density at radius 2 is 1.92 bits per heavy atom. The number of hydrogen-bond donors (Lipinski definition) is 2. The summed E-state index contributed by atoms with van der Waals surface area (Å²) in [5.74, 6) is 0.0445.